The van der Waals surface area contributed by atoms with Gasteiger partial charge in [-0.2, -0.15) is 0 Å². The Morgan fingerprint density at radius 2 is 2.06 bits per heavy atom. The van der Waals surface area contributed by atoms with Crippen LogP contribution >= 0.6 is 0 Å². The Labute approximate surface area is 181 Å². The summed E-state index contributed by atoms with van der Waals surface area (Å²) in [4.78, 5) is 17.4. The molecule has 164 valence electrons. The van der Waals surface area contributed by atoms with Crippen LogP contribution < -0.4 is 10.5 Å². The highest BCUT2D eigenvalue weighted by Crippen LogP contribution is 2.18. The number of hydrogen-bond acceptors (Lipinski definition) is 5. The van der Waals surface area contributed by atoms with Gasteiger partial charge >= 0.3 is 0 Å². The average Bonchev–Trinajstić information content (AvgIpc) is 3.53. The van der Waals surface area contributed by atoms with Crippen molar-refractivity contribution < 1.29 is 9.64 Å². The first-order valence-corrected chi connectivity index (χ1v) is 11.5. The number of quaternary nitrogens is 1. The third-order valence-corrected chi connectivity index (χ3v) is 6.91. The second-order valence-corrected chi connectivity index (χ2v) is 9.07. The summed E-state index contributed by atoms with van der Waals surface area (Å²) < 4.78 is 7.68. The number of aryl methyl sites for hydroxylation is 1. The van der Waals surface area contributed by atoms with E-state index in [1.54, 1.807) is 0 Å². The van der Waals surface area contributed by atoms with Gasteiger partial charge in [0.1, 0.15) is 13.1 Å². The summed E-state index contributed by atoms with van der Waals surface area (Å²) >= 11 is 0. The van der Waals surface area contributed by atoms with E-state index in [-0.39, 0.29) is 11.7 Å². The molecule has 1 aromatic carbocycles. The number of nitrogens with zero attached hydrogens (tertiary/aromatic N) is 4. The van der Waals surface area contributed by atoms with E-state index in [1.165, 1.54) is 30.6 Å². The van der Waals surface area contributed by atoms with Crippen molar-refractivity contribution >= 4 is 10.9 Å². The van der Waals surface area contributed by atoms with Crippen LogP contribution in [-0.2, 0) is 24.4 Å². The molecule has 0 amide bonds. The fraction of sp³-hybridized carbons (Fsp3) is 0.565. The number of H-pyrrole nitrogens is 1. The van der Waals surface area contributed by atoms with Crippen LogP contribution in [0, 0.1) is 6.92 Å². The summed E-state index contributed by atoms with van der Waals surface area (Å²) in [5.74, 6) is 0.880. The van der Waals surface area contributed by atoms with Gasteiger partial charge in [0, 0.05) is 6.61 Å². The van der Waals surface area contributed by atoms with Crippen molar-refractivity contribution in [2.75, 3.05) is 6.61 Å². The molecule has 2 N–H and O–H groups in total. The molecule has 0 radical (unpaired) electrons. The van der Waals surface area contributed by atoms with Crippen LogP contribution in [0.1, 0.15) is 55.5 Å². The van der Waals surface area contributed by atoms with Crippen molar-refractivity contribution in [1.29, 1.82) is 0 Å². The molecule has 3 aromatic rings. The molecule has 0 spiro atoms. The number of aromatic nitrogens is 5. The highest BCUT2D eigenvalue weighted by molar-refractivity contribution is 5.81. The van der Waals surface area contributed by atoms with Crippen LogP contribution in [0.3, 0.4) is 0 Å². The lowest BCUT2D eigenvalue weighted by molar-refractivity contribution is -0.952. The molecule has 2 fully saturated rings. The fourth-order valence-electron chi connectivity index (χ4n) is 5.17. The van der Waals surface area contributed by atoms with Gasteiger partial charge in [-0.05, 0) is 72.9 Å². The van der Waals surface area contributed by atoms with E-state index < -0.39 is 0 Å². The summed E-state index contributed by atoms with van der Waals surface area (Å²) in [6.07, 6.45) is 7.24. The molecule has 3 heterocycles. The molecular weight excluding hydrogens is 392 g/mol. The zero-order chi connectivity index (χ0) is 21.2. The lowest BCUT2D eigenvalue weighted by Gasteiger charge is -2.25. The van der Waals surface area contributed by atoms with E-state index in [0.29, 0.717) is 19.1 Å². The summed E-state index contributed by atoms with van der Waals surface area (Å²) in [5, 5.41) is 13.6. The van der Waals surface area contributed by atoms with E-state index in [2.05, 4.69) is 32.6 Å². The van der Waals surface area contributed by atoms with Gasteiger partial charge in [0.05, 0.1) is 29.8 Å². The summed E-state index contributed by atoms with van der Waals surface area (Å²) in [6, 6.07) is 8.73. The molecule has 1 saturated carbocycles. The van der Waals surface area contributed by atoms with Crippen molar-refractivity contribution in [3.05, 3.63) is 51.6 Å². The number of hydrogen-bond donors (Lipinski definition) is 2. The number of rotatable bonds is 7. The van der Waals surface area contributed by atoms with E-state index in [1.807, 2.05) is 23.7 Å². The Hall–Kier alpha value is -2.58. The number of pyridine rings is 1. The van der Waals surface area contributed by atoms with Gasteiger partial charge in [-0.25, -0.2) is 4.68 Å². The third kappa shape index (κ3) is 4.41. The molecule has 2 aromatic heterocycles. The van der Waals surface area contributed by atoms with Crippen LogP contribution in [0.2, 0.25) is 0 Å². The van der Waals surface area contributed by atoms with E-state index in [9.17, 15) is 4.79 Å². The number of tetrazole rings is 1. The number of aromatic amines is 1. The first-order chi connectivity index (χ1) is 15.2. The number of nitrogens with one attached hydrogen (secondary N) is 2. The summed E-state index contributed by atoms with van der Waals surface area (Å²) in [6.45, 7) is 4.95. The molecule has 5 rings (SSSR count). The third-order valence-electron chi connectivity index (χ3n) is 6.91. The maximum absolute atomic E-state index is 12.9. The number of para-hydroxylation sites is 1. The standard InChI is InChI=1S/C23H30N6O2/c1-16-6-4-7-17-12-18(23(30)24-22(16)17)13-28(19-8-2-3-9-19)15-21-25-26-27-29(21)14-20-10-5-11-31-20/h4,6-7,12,19-20H,2-3,5,8-11,13-15H2,1H3,(H,24,30)/p+1/t20-/m1/s1. The number of benzene rings is 1. The first kappa shape index (κ1) is 20.3. The van der Waals surface area contributed by atoms with Crippen LogP contribution in [0.15, 0.2) is 29.1 Å². The van der Waals surface area contributed by atoms with E-state index >= 15 is 0 Å². The topological polar surface area (TPSA) is 90.1 Å². The smallest absolute Gasteiger partial charge is 0.257 e. The second-order valence-electron chi connectivity index (χ2n) is 9.07. The minimum absolute atomic E-state index is 0.0104. The fourth-order valence-corrected chi connectivity index (χ4v) is 5.17. The molecule has 8 nitrogen and oxygen atoms in total. The van der Waals surface area contributed by atoms with Crippen molar-refractivity contribution in [3.63, 3.8) is 0 Å². The summed E-state index contributed by atoms with van der Waals surface area (Å²) in [7, 11) is 0. The van der Waals surface area contributed by atoms with Crippen molar-refractivity contribution in [2.24, 2.45) is 0 Å². The predicted molar refractivity (Wildman–Crippen MR) is 117 cm³/mol. The van der Waals surface area contributed by atoms with Crippen molar-refractivity contribution in [3.8, 4) is 0 Å². The van der Waals surface area contributed by atoms with Crippen LogP contribution in [0.25, 0.3) is 10.9 Å². The average molecular weight is 424 g/mol. The number of fused-ring (bicyclic) bond motifs is 1. The first-order valence-electron chi connectivity index (χ1n) is 11.5. The van der Waals surface area contributed by atoms with Crippen LogP contribution in [0.5, 0.6) is 0 Å². The number of ether oxygens (including phenoxy) is 1. The minimum Gasteiger partial charge on any atom is -0.376 e. The normalized spacial score (nSPS) is 20.6. The maximum Gasteiger partial charge on any atom is 0.257 e. The lowest BCUT2D eigenvalue weighted by atomic mass is 10.1. The van der Waals surface area contributed by atoms with Gasteiger partial charge in [0.2, 0.25) is 5.82 Å². The Morgan fingerprint density at radius 1 is 1.19 bits per heavy atom. The van der Waals surface area contributed by atoms with Gasteiger partial charge in [-0.3, -0.25) is 4.79 Å². The lowest BCUT2D eigenvalue weighted by Crippen LogP contribution is -3.13. The molecule has 2 atom stereocenters. The molecule has 31 heavy (non-hydrogen) atoms. The molecule has 1 unspecified atom stereocenters. The molecule has 0 bridgehead atoms. The van der Waals surface area contributed by atoms with Gasteiger partial charge in [-0.1, -0.05) is 18.2 Å². The highest BCUT2D eigenvalue weighted by atomic mass is 16.5. The van der Waals surface area contributed by atoms with Gasteiger partial charge < -0.3 is 14.6 Å². The molecule has 1 saturated heterocycles. The quantitative estimate of drug-likeness (QED) is 0.602. The molecular formula is C23H31N6O2+. The maximum atomic E-state index is 12.9. The highest BCUT2D eigenvalue weighted by Gasteiger charge is 2.29. The molecule has 8 heteroatoms. The summed E-state index contributed by atoms with van der Waals surface area (Å²) in [5.41, 5.74) is 2.86. The zero-order valence-electron chi connectivity index (χ0n) is 18.1. The van der Waals surface area contributed by atoms with Crippen molar-refractivity contribution in [2.45, 2.75) is 77.2 Å². The largest absolute Gasteiger partial charge is 0.376 e. The van der Waals surface area contributed by atoms with E-state index in [0.717, 1.165) is 53.8 Å². The molecule has 2 aliphatic rings. The molecule has 1 aliphatic heterocycles. The van der Waals surface area contributed by atoms with Crippen LogP contribution in [0.4, 0.5) is 0 Å². The van der Waals surface area contributed by atoms with Crippen LogP contribution in [-0.4, -0.2) is 43.9 Å². The van der Waals surface area contributed by atoms with Gasteiger partial charge in [0.25, 0.3) is 5.56 Å². The van der Waals surface area contributed by atoms with Gasteiger partial charge in [0.15, 0.2) is 0 Å². The monoisotopic (exact) mass is 423 g/mol. The minimum atomic E-state index is 0.0104. The Bertz CT molecular complexity index is 1090. The Balaban J connectivity index is 1.40. The van der Waals surface area contributed by atoms with E-state index in [4.69, 9.17) is 4.74 Å². The SMILES string of the molecule is Cc1cccc2cc(C[NH+](Cc3nnnn3C[C@H]3CCCO3)C3CCCC3)c(=O)[nH]c12. The van der Waals surface area contributed by atoms with Gasteiger partial charge in [-0.15, -0.1) is 5.10 Å². The Kier molecular flexibility index (Phi) is 5.82. The van der Waals surface area contributed by atoms with Crippen molar-refractivity contribution in [1.82, 2.24) is 25.2 Å². The Morgan fingerprint density at radius 3 is 2.87 bits per heavy atom. The predicted octanol–water partition coefficient (Wildman–Crippen LogP) is 1.53. The zero-order valence-corrected chi connectivity index (χ0v) is 18.1. The molecule has 1 aliphatic carbocycles. The second kappa shape index (κ2) is 8.88.